The third kappa shape index (κ3) is 5.07. The zero-order valence-corrected chi connectivity index (χ0v) is 22.8. The highest BCUT2D eigenvalue weighted by molar-refractivity contribution is 6.08. The van der Waals surface area contributed by atoms with Gasteiger partial charge in [-0.15, -0.1) is 0 Å². The summed E-state index contributed by atoms with van der Waals surface area (Å²) in [7, 11) is 0. The summed E-state index contributed by atoms with van der Waals surface area (Å²) >= 11 is 0. The zero-order valence-electron chi connectivity index (χ0n) is 22.8. The quantitative estimate of drug-likeness (QED) is 0.207. The van der Waals surface area contributed by atoms with Crippen LogP contribution in [0.2, 0.25) is 0 Å². The number of rotatable bonds is 9. The second-order valence-electron chi connectivity index (χ2n) is 12.3. The number of unbranched alkanes of at least 4 members (excludes halogenated alkanes) is 1. The summed E-state index contributed by atoms with van der Waals surface area (Å²) in [4.78, 5) is 0. The lowest BCUT2D eigenvalue weighted by Crippen LogP contribution is -2.34. The molecule has 2 aliphatic carbocycles. The molecule has 3 aromatic carbocycles. The van der Waals surface area contributed by atoms with E-state index in [9.17, 15) is 0 Å². The number of benzene rings is 3. The topological polar surface area (TPSA) is 3.01 Å². The van der Waals surface area contributed by atoms with Gasteiger partial charge < -0.3 is 0 Å². The molecular weight excluding hydrogens is 446 g/mol. The average Bonchev–Trinajstić information content (AvgIpc) is 3.68. The van der Waals surface area contributed by atoms with Gasteiger partial charge in [0.1, 0.15) is 6.54 Å². The normalized spacial score (nSPS) is 22.6. The van der Waals surface area contributed by atoms with Gasteiger partial charge in [0.05, 0.1) is 5.41 Å². The van der Waals surface area contributed by atoms with Crippen LogP contribution in [0.4, 0.5) is 5.69 Å². The summed E-state index contributed by atoms with van der Waals surface area (Å²) in [6, 6.07) is 25.0. The van der Waals surface area contributed by atoms with Gasteiger partial charge in [-0.25, -0.2) is 0 Å². The minimum atomic E-state index is -0.0435. The number of hydrogen-bond donors (Lipinski definition) is 0. The summed E-state index contributed by atoms with van der Waals surface area (Å²) in [5, 5.41) is 2.79. The van der Waals surface area contributed by atoms with Crippen LogP contribution < -0.4 is 0 Å². The predicted molar refractivity (Wildman–Crippen MR) is 158 cm³/mol. The Balaban J connectivity index is 1.41. The van der Waals surface area contributed by atoms with Crippen LogP contribution in [0.3, 0.4) is 0 Å². The molecule has 1 nitrogen and oxygen atoms in total. The largest absolute Gasteiger partial charge is 0.210 e. The van der Waals surface area contributed by atoms with E-state index in [0.29, 0.717) is 0 Å². The van der Waals surface area contributed by atoms with Gasteiger partial charge in [0.2, 0.25) is 5.69 Å². The minimum Gasteiger partial charge on any atom is -0.195 e. The van der Waals surface area contributed by atoms with Crippen molar-refractivity contribution >= 4 is 22.2 Å². The first-order chi connectivity index (χ1) is 18.2. The molecule has 192 valence electrons. The van der Waals surface area contributed by atoms with Gasteiger partial charge in [0.15, 0.2) is 5.71 Å². The molecule has 3 aromatic rings. The number of nitrogens with zero attached hydrogens (tertiary/aromatic N) is 1. The Kier molecular flexibility index (Phi) is 7.32. The highest BCUT2D eigenvalue weighted by atomic mass is 15.1. The van der Waals surface area contributed by atoms with Crippen LogP contribution in [0, 0.1) is 11.8 Å². The molecular formula is C36H44N+. The molecule has 37 heavy (non-hydrogen) atoms. The maximum atomic E-state index is 2.73. The Morgan fingerprint density at radius 3 is 2.35 bits per heavy atom. The molecule has 1 unspecified atom stereocenters. The molecule has 0 radical (unpaired) electrons. The number of hydrogen-bond acceptors (Lipinski definition) is 0. The van der Waals surface area contributed by atoms with Gasteiger partial charge in [0, 0.05) is 24.1 Å². The van der Waals surface area contributed by atoms with E-state index in [0.717, 1.165) is 24.8 Å². The van der Waals surface area contributed by atoms with Gasteiger partial charge in [-0.1, -0.05) is 106 Å². The lowest BCUT2D eigenvalue weighted by molar-refractivity contribution is -0.438. The highest BCUT2D eigenvalue weighted by Gasteiger charge is 2.48. The number of allylic oxidation sites excluding steroid dienone is 2. The smallest absolute Gasteiger partial charge is 0.195 e. The lowest BCUT2D eigenvalue weighted by Gasteiger charge is -2.24. The van der Waals surface area contributed by atoms with Gasteiger partial charge in [-0.05, 0) is 66.8 Å². The van der Waals surface area contributed by atoms with Crippen LogP contribution in [0.5, 0.6) is 0 Å². The fourth-order valence-electron chi connectivity index (χ4n) is 7.70. The van der Waals surface area contributed by atoms with Gasteiger partial charge >= 0.3 is 0 Å². The van der Waals surface area contributed by atoms with E-state index in [1.807, 2.05) is 0 Å². The molecule has 3 aliphatic rings. The Morgan fingerprint density at radius 2 is 1.54 bits per heavy atom. The molecule has 1 heteroatoms. The molecule has 0 bridgehead atoms. The van der Waals surface area contributed by atoms with Crippen molar-refractivity contribution in [3.63, 3.8) is 0 Å². The number of fused-ring (bicyclic) bond motifs is 3. The van der Waals surface area contributed by atoms with E-state index in [4.69, 9.17) is 0 Å². The molecule has 0 aromatic heterocycles. The fraction of sp³-hybridized carbons (Fsp3) is 0.472. The van der Waals surface area contributed by atoms with E-state index in [2.05, 4.69) is 90.4 Å². The molecule has 1 atom stereocenters. The first-order valence-corrected chi connectivity index (χ1v) is 15.1. The van der Waals surface area contributed by atoms with Gasteiger partial charge in [0.25, 0.3) is 0 Å². The standard InChI is InChI=1S/C36H44N/c1-36(27-30-18-3-2-4-19-30)34(25-22-29-15-7-8-16-29)37(26-12-11-17-28-13-5-6-14-28)33-24-23-31-20-9-10-21-32(31)35(33)36/h2-4,9-10,18-25,28-29H,5-8,11-17,26-27H2,1H3/q+1. The lowest BCUT2D eigenvalue weighted by atomic mass is 9.73. The summed E-state index contributed by atoms with van der Waals surface area (Å²) in [5.74, 6) is 1.74. The fourth-order valence-corrected chi connectivity index (χ4v) is 7.70. The molecule has 6 rings (SSSR count). The Hall–Kier alpha value is -2.67. The third-order valence-corrected chi connectivity index (χ3v) is 9.65. The van der Waals surface area contributed by atoms with Gasteiger partial charge in [-0.2, -0.15) is 4.58 Å². The molecule has 2 fully saturated rings. The molecule has 0 spiro atoms. The maximum Gasteiger partial charge on any atom is 0.210 e. The van der Waals surface area contributed by atoms with E-state index < -0.39 is 0 Å². The molecule has 1 aliphatic heterocycles. The summed E-state index contributed by atoms with van der Waals surface area (Å²) in [6.07, 6.45) is 21.6. The van der Waals surface area contributed by atoms with Crippen molar-refractivity contribution < 1.29 is 4.58 Å². The van der Waals surface area contributed by atoms with Crippen molar-refractivity contribution in [1.29, 1.82) is 0 Å². The zero-order chi connectivity index (χ0) is 25.1. The van der Waals surface area contributed by atoms with Crippen LogP contribution in [0.15, 0.2) is 78.9 Å². The molecule has 0 N–H and O–H groups in total. The Labute approximate surface area is 224 Å². The maximum absolute atomic E-state index is 2.73. The van der Waals surface area contributed by atoms with Crippen LogP contribution in [0.25, 0.3) is 10.8 Å². The van der Waals surface area contributed by atoms with Crippen molar-refractivity contribution in [1.82, 2.24) is 0 Å². The molecule has 0 saturated heterocycles. The molecule has 2 saturated carbocycles. The monoisotopic (exact) mass is 490 g/mol. The highest BCUT2D eigenvalue weighted by Crippen LogP contribution is 2.46. The van der Waals surface area contributed by atoms with Crippen molar-refractivity contribution in [2.24, 2.45) is 11.8 Å². The molecule has 1 heterocycles. The summed E-state index contributed by atoms with van der Waals surface area (Å²) < 4.78 is 2.73. The second kappa shape index (κ2) is 11.0. The first-order valence-electron chi connectivity index (χ1n) is 15.1. The predicted octanol–water partition coefficient (Wildman–Crippen LogP) is 9.55. The first kappa shape index (κ1) is 24.7. The van der Waals surface area contributed by atoms with Crippen LogP contribution in [-0.2, 0) is 11.8 Å². The average molecular weight is 491 g/mol. The van der Waals surface area contributed by atoms with Crippen molar-refractivity contribution in [3.8, 4) is 0 Å². The van der Waals surface area contributed by atoms with E-state index in [1.165, 1.54) is 104 Å². The van der Waals surface area contributed by atoms with Crippen LogP contribution >= 0.6 is 0 Å². The van der Waals surface area contributed by atoms with E-state index in [1.54, 1.807) is 0 Å². The van der Waals surface area contributed by atoms with Gasteiger partial charge in [-0.3, -0.25) is 0 Å². The Bertz CT molecular complexity index is 1270. The van der Waals surface area contributed by atoms with Crippen molar-refractivity contribution in [3.05, 3.63) is 90.0 Å². The summed E-state index contributed by atoms with van der Waals surface area (Å²) in [5.41, 5.74) is 5.90. The van der Waals surface area contributed by atoms with Crippen molar-refractivity contribution in [2.75, 3.05) is 6.54 Å². The molecule has 0 amide bonds. The minimum absolute atomic E-state index is 0.0435. The van der Waals surface area contributed by atoms with Crippen molar-refractivity contribution in [2.45, 2.75) is 89.4 Å². The van der Waals surface area contributed by atoms with E-state index in [-0.39, 0.29) is 5.41 Å². The van der Waals surface area contributed by atoms with Crippen LogP contribution in [-0.4, -0.2) is 16.8 Å². The van der Waals surface area contributed by atoms with Crippen LogP contribution in [0.1, 0.15) is 88.7 Å². The Morgan fingerprint density at radius 1 is 0.811 bits per heavy atom. The summed E-state index contributed by atoms with van der Waals surface area (Å²) in [6.45, 7) is 3.66. The van der Waals surface area contributed by atoms with E-state index >= 15 is 0 Å². The second-order valence-corrected chi connectivity index (χ2v) is 12.3. The SMILES string of the molecule is CC1(Cc2ccccc2)C(C=CC2CCCC2)=[N+](CCCCC2CCCC2)c2ccc3ccccc3c21. The third-order valence-electron chi connectivity index (χ3n) is 9.65.